The average molecular weight is 406 g/mol. The predicted molar refractivity (Wildman–Crippen MR) is 119 cm³/mol. The molecule has 0 fully saturated rings. The van der Waals surface area contributed by atoms with Gasteiger partial charge in [0.05, 0.1) is 14.2 Å². The van der Waals surface area contributed by atoms with Crippen molar-refractivity contribution in [2.75, 3.05) is 31.5 Å². The number of aryl methyl sites for hydroxylation is 1. The van der Waals surface area contributed by atoms with Crippen LogP contribution >= 0.6 is 0 Å². The zero-order valence-electron chi connectivity index (χ0n) is 17.4. The number of hydrogen-bond donors (Lipinski definition) is 2. The minimum Gasteiger partial charge on any atom is -0.497 e. The Balaban J connectivity index is 1.54. The van der Waals surface area contributed by atoms with Gasteiger partial charge in [-0.05, 0) is 61.0 Å². The van der Waals surface area contributed by atoms with Crippen molar-refractivity contribution in [3.63, 3.8) is 0 Å². The highest BCUT2D eigenvalue weighted by molar-refractivity contribution is 5.91. The van der Waals surface area contributed by atoms with Crippen LogP contribution in [0.25, 0.3) is 0 Å². The van der Waals surface area contributed by atoms with Gasteiger partial charge in [0.25, 0.3) is 5.91 Å². The summed E-state index contributed by atoms with van der Waals surface area (Å²) in [5, 5.41) is 6.16. The first-order valence-corrected chi connectivity index (χ1v) is 9.61. The monoisotopic (exact) mass is 406 g/mol. The highest BCUT2D eigenvalue weighted by Gasteiger charge is 2.09. The highest BCUT2D eigenvalue weighted by atomic mass is 16.5. The second-order valence-electron chi connectivity index (χ2n) is 6.77. The molecular weight excluding hydrogens is 380 g/mol. The minimum absolute atomic E-state index is 0.122. The molecule has 3 aromatic carbocycles. The van der Waals surface area contributed by atoms with Crippen molar-refractivity contribution in [3.05, 3.63) is 77.9 Å². The van der Waals surface area contributed by atoms with Gasteiger partial charge in [0.15, 0.2) is 18.1 Å². The van der Waals surface area contributed by atoms with Gasteiger partial charge in [-0.3, -0.25) is 4.79 Å². The van der Waals surface area contributed by atoms with Gasteiger partial charge in [0.1, 0.15) is 5.75 Å². The highest BCUT2D eigenvalue weighted by Crippen LogP contribution is 2.28. The maximum atomic E-state index is 12.2. The Hall–Kier alpha value is -3.67. The topological polar surface area (TPSA) is 68.8 Å². The van der Waals surface area contributed by atoms with Gasteiger partial charge >= 0.3 is 0 Å². The summed E-state index contributed by atoms with van der Waals surface area (Å²) in [4.78, 5) is 12.2. The van der Waals surface area contributed by atoms with Crippen LogP contribution in [0, 0.1) is 6.92 Å². The lowest BCUT2D eigenvalue weighted by atomic mass is 10.2. The average Bonchev–Trinajstić information content (AvgIpc) is 2.78. The Morgan fingerprint density at radius 3 is 2.20 bits per heavy atom. The zero-order valence-corrected chi connectivity index (χ0v) is 17.4. The van der Waals surface area contributed by atoms with Gasteiger partial charge in [-0.2, -0.15) is 0 Å². The van der Waals surface area contributed by atoms with Crippen LogP contribution in [0.4, 0.5) is 11.4 Å². The molecule has 0 unspecified atom stereocenters. The number of anilines is 2. The molecule has 3 aromatic rings. The summed E-state index contributed by atoms with van der Waals surface area (Å²) < 4.78 is 16.2. The largest absolute Gasteiger partial charge is 0.497 e. The van der Waals surface area contributed by atoms with Crippen molar-refractivity contribution in [2.45, 2.75) is 13.5 Å². The summed E-state index contributed by atoms with van der Waals surface area (Å²) in [6, 6.07) is 21.0. The van der Waals surface area contributed by atoms with Crippen molar-refractivity contribution in [3.8, 4) is 17.2 Å². The third-order valence-electron chi connectivity index (χ3n) is 4.51. The smallest absolute Gasteiger partial charge is 0.262 e. The molecule has 156 valence electrons. The van der Waals surface area contributed by atoms with Gasteiger partial charge in [0, 0.05) is 17.9 Å². The first-order valence-electron chi connectivity index (χ1n) is 9.61. The Morgan fingerprint density at radius 1 is 0.833 bits per heavy atom. The van der Waals surface area contributed by atoms with Gasteiger partial charge in [-0.25, -0.2) is 0 Å². The number of carbonyl (C=O) groups is 1. The first kappa shape index (κ1) is 21.0. The zero-order chi connectivity index (χ0) is 21.3. The molecule has 30 heavy (non-hydrogen) atoms. The molecular formula is C24H26N2O4. The van der Waals surface area contributed by atoms with E-state index in [1.165, 1.54) is 5.56 Å². The van der Waals surface area contributed by atoms with E-state index in [2.05, 4.69) is 29.7 Å². The Labute approximate surface area is 176 Å². The van der Waals surface area contributed by atoms with Crippen molar-refractivity contribution in [2.24, 2.45) is 0 Å². The maximum Gasteiger partial charge on any atom is 0.262 e. The van der Waals surface area contributed by atoms with Crippen molar-refractivity contribution >= 4 is 17.3 Å². The summed E-state index contributed by atoms with van der Waals surface area (Å²) in [5.74, 6) is 1.56. The predicted octanol–water partition coefficient (Wildman–Crippen LogP) is 4.64. The van der Waals surface area contributed by atoms with Gasteiger partial charge in [-0.15, -0.1) is 0 Å². The standard InChI is InChI=1S/C24H26N2O4/c1-17-4-7-19(8-5-17)25-15-18-6-13-22(23(14-18)29-3)30-16-24(27)26-20-9-11-21(28-2)12-10-20/h4-14,25H,15-16H2,1-3H3,(H,26,27). The number of ether oxygens (including phenoxy) is 3. The fourth-order valence-corrected chi connectivity index (χ4v) is 2.83. The van der Waals surface area contributed by atoms with E-state index >= 15 is 0 Å². The van der Waals surface area contributed by atoms with E-state index in [4.69, 9.17) is 14.2 Å². The summed E-state index contributed by atoms with van der Waals surface area (Å²) in [6.45, 7) is 2.59. The number of carbonyl (C=O) groups excluding carboxylic acids is 1. The summed E-state index contributed by atoms with van der Waals surface area (Å²) >= 11 is 0. The molecule has 0 aliphatic heterocycles. The summed E-state index contributed by atoms with van der Waals surface area (Å²) in [7, 11) is 3.18. The number of hydrogen-bond acceptors (Lipinski definition) is 5. The maximum absolute atomic E-state index is 12.2. The number of rotatable bonds is 9. The van der Waals surface area contributed by atoms with Crippen LogP contribution in [0.15, 0.2) is 66.7 Å². The van der Waals surface area contributed by atoms with Crippen molar-refractivity contribution in [1.29, 1.82) is 0 Å². The molecule has 0 heterocycles. The SMILES string of the molecule is COc1ccc(NC(=O)COc2ccc(CNc3ccc(C)cc3)cc2OC)cc1. The van der Waals surface area contributed by atoms with E-state index in [1.807, 2.05) is 30.3 Å². The molecule has 0 atom stereocenters. The molecule has 0 bridgehead atoms. The molecule has 3 rings (SSSR count). The lowest BCUT2D eigenvalue weighted by molar-refractivity contribution is -0.118. The van der Waals surface area contributed by atoms with Crippen LogP contribution in [-0.4, -0.2) is 26.7 Å². The second kappa shape index (κ2) is 10.2. The summed E-state index contributed by atoms with van der Waals surface area (Å²) in [6.07, 6.45) is 0. The van der Waals surface area contributed by atoms with Crippen LogP contribution in [0.5, 0.6) is 17.2 Å². The number of benzene rings is 3. The number of methoxy groups -OCH3 is 2. The molecule has 0 radical (unpaired) electrons. The van der Waals surface area contributed by atoms with E-state index < -0.39 is 0 Å². The van der Waals surface area contributed by atoms with Crippen LogP contribution in [0.3, 0.4) is 0 Å². The molecule has 6 nitrogen and oxygen atoms in total. The molecule has 0 aliphatic rings. The van der Waals surface area contributed by atoms with Gasteiger partial charge < -0.3 is 24.8 Å². The lowest BCUT2D eigenvalue weighted by Gasteiger charge is -2.13. The second-order valence-corrected chi connectivity index (χ2v) is 6.77. The molecule has 0 saturated heterocycles. The van der Waals surface area contributed by atoms with Crippen molar-refractivity contribution < 1.29 is 19.0 Å². The van der Waals surface area contributed by atoms with Crippen LogP contribution in [-0.2, 0) is 11.3 Å². The van der Waals surface area contributed by atoms with E-state index in [9.17, 15) is 4.79 Å². The van der Waals surface area contributed by atoms with Crippen LogP contribution < -0.4 is 24.8 Å². The van der Waals surface area contributed by atoms with E-state index in [1.54, 1.807) is 38.5 Å². The Morgan fingerprint density at radius 2 is 1.53 bits per heavy atom. The van der Waals surface area contributed by atoms with E-state index in [-0.39, 0.29) is 12.5 Å². The third-order valence-corrected chi connectivity index (χ3v) is 4.51. The van der Waals surface area contributed by atoms with E-state index in [0.29, 0.717) is 23.7 Å². The molecule has 0 aromatic heterocycles. The van der Waals surface area contributed by atoms with Crippen LogP contribution in [0.1, 0.15) is 11.1 Å². The molecule has 2 N–H and O–H groups in total. The summed E-state index contributed by atoms with van der Waals surface area (Å²) in [5.41, 5.74) is 3.99. The van der Waals surface area contributed by atoms with Gasteiger partial charge in [0.2, 0.25) is 0 Å². The van der Waals surface area contributed by atoms with E-state index in [0.717, 1.165) is 17.0 Å². The molecule has 0 spiro atoms. The molecule has 6 heteroatoms. The normalized spacial score (nSPS) is 10.2. The third kappa shape index (κ3) is 5.91. The lowest BCUT2D eigenvalue weighted by Crippen LogP contribution is -2.20. The molecule has 1 amide bonds. The quantitative estimate of drug-likeness (QED) is 0.542. The number of amides is 1. The number of nitrogens with one attached hydrogen (secondary N) is 2. The fraction of sp³-hybridized carbons (Fsp3) is 0.208. The molecule has 0 aliphatic carbocycles. The first-order chi connectivity index (χ1) is 14.6. The molecule has 0 saturated carbocycles. The fourth-order valence-electron chi connectivity index (χ4n) is 2.83. The van der Waals surface area contributed by atoms with Crippen LogP contribution in [0.2, 0.25) is 0 Å². The Bertz CT molecular complexity index is 970. The van der Waals surface area contributed by atoms with Gasteiger partial charge in [-0.1, -0.05) is 23.8 Å². The van der Waals surface area contributed by atoms with Crippen molar-refractivity contribution in [1.82, 2.24) is 0 Å². The Kier molecular flexibility index (Phi) is 7.16. The minimum atomic E-state index is -0.257.